The molecule has 10 nitrogen and oxygen atoms in total. The van der Waals surface area contributed by atoms with Crippen LogP contribution in [0.5, 0.6) is 11.5 Å². The van der Waals surface area contributed by atoms with E-state index in [1.807, 2.05) is 39.0 Å². The number of benzene rings is 1. The third kappa shape index (κ3) is 4.79. The van der Waals surface area contributed by atoms with Crippen molar-refractivity contribution in [2.24, 2.45) is 0 Å². The molecule has 1 aromatic carbocycles. The molecular weight excluding hydrogens is 474 g/mol. The predicted molar refractivity (Wildman–Crippen MR) is 137 cm³/mol. The van der Waals surface area contributed by atoms with Crippen LogP contribution >= 0.6 is 0 Å². The number of rotatable bonds is 8. The topological polar surface area (TPSA) is 120 Å². The number of fused-ring (bicyclic) bond motifs is 3. The molecule has 37 heavy (non-hydrogen) atoms. The van der Waals surface area contributed by atoms with Crippen LogP contribution in [0.2, 0.25) is 0 Å². The number of ether oxygens (including phenoxy) is 3. The van der Waals surface area contributed by atoms with Crippen LogP contribution in [0.1, 0.15) is 41.8 Å². The van der Waals surface area contributed by atoms with Gasteiger partial charge in [0.2, 0.25) is 6.79 Å². The van der Waals surface area contributed by atoms with Crippen LogP contribution in [0.3, 0.4) is 0 Å². The molecule has 2 N–H and O–H groups in total. The van der Waals surface area contributed by atoms with E-state index in [9.17, 15) is 9.59 Å². The van der Waals surface area contributed by atoms with Crippen molar-refractivity contribution in [1.29, 1.82) is 5.41 Å². The fraction of sp³-hybridized carbons (Fsp3) is 0.333. The van der Waals surface area contributed by atoms with Gasteiger partial charge in [-0.3, -0.25) is 19.4 Å². The summed E-state index contributed by atoms with van der Waals surface area (Å²) in [5.41, 5.74) is 2.36. The second kappa shape index (κ2) is 10.1. The van der Waals surface area contributed by atoms with E-state index in [0.29, 0.717) is 42.4 Å². The molecule has 0 unspecified atom stereocenters. The monoisotopic (exact) mass is 503 g/mol. The summed E-state index contributed by atoms with van der Waals surface area (Å²) < 4.78 is 19.5. The molecule has 0 saturated carbocycles. The minimum absolute atomic E-state index is 0.00920. The standard InChI is InChI=1S/C27H29N5O5/c1-16(2)35-11-5-10-31-23(28)19(26(33)29-14-18-7-8-21-22(12-18)37-15-36-21)13-20-25(31)30-24-17(3)6-4-9-32(24)27(20)34/h4,6-9,12-13,16,28H,5,10-11,14-15H2,1-3H3,(H,29,33). The van der Waals surface area contributed by atoms with Gasteiger partial charge in [-0.25, -0.2) is 4.98 Å². The third-order valence-corrected chi connectivity index (χ3v) is 6.25. The van der Waals surface area contributed by atoms with Crippen molar-refractivity contribution in [3.05, 3.63) is 75.1 Å². The molecule has 3 aromatic heterocycles. The van der Waals surface area contributed by atoms with E-state index < -0.39 is 5.91 Å². The van der Waals surface area contributed by atoms with Crippen molar-refractivity contribution in [1.82, 2.24) is 19.3 Å². The average Bonchev–Trinajstić information content (AvgIpc) is 3.35. The lowest BCUT2D eigenvalue weighted by Gasteiger charge is -2.16. The Balaban J connectivity index is 1.53. The summed E-state index contributed by atoms with van der Waals surface area (Å²) in [6, 6.07) is 10.6. The van der Waals surface area contributed by atoms with Crippen LogP contribution in [-0.4, -0.2) is 39.4 Å². The number of aryl methyl sites for hydroxylation is 2. The van der Waals surface area contributed by atoms with E-state index in [1.54, 1.807) is 22.9 Å². The molecule has 0 saturated heterocycles. The highest BCUT2D eigenvalue weighted by Crippen LogP contribution is 2.32. The van der Waals surface area contributed by atoms with E-state index in [4.69, 9.17) is 24.6 Å². The molecular formula is C27H29N5O5. The molecule has 1 aliphatic rings. The van der Waals surface area contributed by atoms with E-state index >= 15 is 0 Å². The first-order chi connectivity index (χ1) is 17.8. The Morgan fingerprint density at radius 1 is 1.19 bits per heavy atom. The van der Waals surface area contributed by atoms with Crippen molar-refractivity contribution < 1.29 is 19.0 Å². The summed E-state index contributed by atoms with van der Waals surface area (Å²) in [6.07, 6.45) is 2.34. The summed E-state index contributed by atoms with van der Waals surface area (Å²) in [5, 5.41) is 12.0. The molecule has 1 amide bonds. The summed E-state index contributed by atoms with van der Waals surface area (Å²) >= 11 is 0. The van der Waals surface area contributed by atoms with E-state index in [2.05, 4.69) is 5.32 Å². The number of aromatic nitrogens is 3. The van der Waals surface area contributed by atoms with E-state index in [0.717, 1.165) is 11.1 Å². The molecule has 0 radical (unpaired) electrons. The van der Waals surface area contributed by atoms with Crippen molar-refractivity contribution in [3.8, 4) is 11.5 Å². The molecule has 0 aliphatic carbocycles. The molecule has 0 bridgehead atoms. The summed E-state index contributed by atoms with van der Waals surface area (Å²) in [7, 11) is 0. The van der Waals surface area contributed by atoms with Crippen molar-refractivity contribution >= 4 is 22.6 Å². The van der Waals surface area contributed by atoms with Gasteiger partial charge in [-0.1, -0.05) is 12.1 Å². The van der Waals surface area contributed by atoms with Crippen LogP contribution in [-0.2, 0) is 17.8 Å². The number of hydrogen-bond donors (Lipinski definition) is 2. The normalized spacial score (nSPS) is 12.5. The number of carbonyl (C=O) groups is 1. The largest absolute Gasteiger partial charge is 0.454 e. The highest BCUT2D eigenvalue weighted by atomic mass is 16.7. The Hall–Kier alpha value is -4.18. The number of amides is 1. The molecule has 192 valence electrons. The maximum absolute atomic E-state index is 13.5. The second-order valence-corrected chi connectivity index (χ2v) is 9.24. The minimum atomic E-state index is -0.453. The Labute approximate surface area is 212 Å². The van der Waals surface area contributed by atoms with Crippen molar-refractivity contribution in [2.45, 2.75) is 46.4 Å². The lowest BCUT2D eigenvalue weighted by molar-refractivity contribution is 0.0748. The van der Waals surface area contributed by atoms with Crippen molar-refractivity contribution in [2.75, 3.05) is 13.4 Å². The Morgan fingerprint density at radius 3 is 2.81 bits per heavy atom. The zero-order valence-corrected chi connectivity index (χ0v) is 21.0. The fourth-order valence-corrected chi connectivity index (χ4v) is 4.36. The molecule has 1 aliphatic heterocycles. The highest BCUT2D eigenvalue weighted by Gasteiger charge is 2.19. The van der Waals surface area contributed by atoms with E-state index in [-0.39, 0.29) is 41.4 Å². The Morgan fingerprint density at radius 2 is 2.00 bits per heavy atom. The van der Waals surface area contributed by atoms with Gasteiger partial charge >= 0.3 is 0 Å². The smallest absolute Gasteiger partial charge is 0.267 e. The number of nitrogens with one attached hydrogen (secondary N) is 2. The predicted octanol–water partition coefficient (Wildman–Crippen LogP) is 2.91. The number of pyridine rings is 2. The van der Waals surface area contributed by atoms with Gasteiger partial charge in [0.05, 0.1) is 17.1 Å². The van der Waals surface area contributed by atoms with Gasteiger partial charge in [-0.05, 0) is 62.6 Å². The lowest BCUT2D eigenvalue weighted by atomic mass is 10.1. The highest BCUT2D eigenvalue weighted by molar-refractivity contribution is 5.96. The van der Waals surface area contributed by atoms with Crippen LogP contribution in [0, 0.1) is 12.3 Å². The third-order valence-electron chi connectivity index (χ3n) is 6.25. The van der Waals surface area contributed by atoms with Gasteiger partial charge in [0, 0.05) is 25.9 Å². The summed E-state index contributed by atoms with van der Waals surface area (Å²) in [4.78, 5) is 31.5. The maximum Gasteiger partial charge on any atom is 0.267 e. The molecule has 0 fully saturated rings. The Bertz CT molecular complexity index is 1620. The number of nitrogens with zero attached hydrogens (tertiary/aromatic N) is 3. The molecule has 4 aromatic rings. The summed E-state index contributed by atoms with van der Waals surface area (Å²) in [6.45, 7) is 7.06. The molecule has 5 rings (SSSR count). The van der Waals surface area contributed by atoms with Gasteiger partial charge < -0.3 is 24.1 Å². The van der Waals surface area contributed by atoms with Crippen LogP contribution < -0.4 is 25.8 Å². The van der Waals surface area contributed by atoms with Gasteiger partial charge in [0.15, 0.2) is 11.5 Å². The summed E-state index contributed by atoms with van der Waals surface area (Å²) in [5.74, 6) is 0.836. The van der Waals surface area contributed by atoms with Crippen molar-refractivity contribution in [3.63, 3.8) is 0 Å². The first kappa shape index (κ1) is 24.5. The number of hydrogen-bond acceptors (Lipinski definition) is 7. The van der Waals surface area contributed by atoms with Gasteiger partial charge in [0.25, 0.3) is 11.5 Å². The van der Waals surface area contributed by atoms with Gasteiger partial charge in [0.1, 0.15) is 16.8 Å². The Kier molecular flexibility index (Phi) is 6.66. The SMILES string of the molecule is Cc1cccn2c(=O)c3cc(C(=O)NCc4ccc5c(c4)OCO5)c(=N)n(CCCOC(C)C)c3nc12. The van der Waals surface area contributed by atoms with Gasteiger partial charge in [-0.15, -0.1) is 0 Å². The molecule has 10 heteroatoms. The van der Waals surface area contributed by atoms with Crippen LogP contribution in [0.15, 0.2) is 47.4 Å². The van der Waals surface area contributed by atoms with E-state index in [1.165, 1.54) is 10.5 Å². The molecule has 4 heterocycles. The minimum Gasteiger partial charge on any atom is -0.454 e. The lowest BCUT2D eigenvalue weighted by Crippen LogP contribution is -2.35. The first-order valence-electron chi connectivity index (χ1n) is 12.2. The zero-order chi connectivity index (χ0) is 26.1. The molecule has 0 spiro atoms. The first-order valence-corrected chi connectivity index (χ1v) is 12.2. The second-order valence-electron chi connectivity index (χ2n) is 9.24. The molecule has 0 atom stereocenters. The maximum atomic E-state index is 13.5. The van der Waals surface area contributed by atoms with Gasteiger partial charge in [-0.2, -0.15) is 0 Å². The average molecular weight is 504 g/mol. The zero-order valence-electron chi connectivity index (χ0n) is 21.0. The van der Waals surface area contributed by atoms with Crippen LogP contribution in [0.25, 0.3) is 16.7 Å². The van der Waals surface area contributed by atoms with Crippen LogP contribution in [0.4, 0.5) is 0 Å². The quantitative estimate of drug-likeness (QED) is 0.282. The fourth-order valence-electron chi connectivity index (χ4n) is 4.36. The number of carbonyl (C=O) groups excluding carboxylic acids is 1.